The first kappa shape index (κ1) is 8.23. The van der Waals surface area contributed by atoms with Gasteiger partial charge in [0.2, 0.25) is 0 Å². The molecule has 0 aromatic rings. The van der Waals surface area contributed by atoms with Gasteiger partial charge in [-0.2, -0.15) is 0 Å². The van der Waals surface area contributed by atoms with Crippen molar-refractivity contribution >= 4 is 0 Å². The van der Waals surface area contributed by atoms with Crippen LogP contribution in [0.25, 0.3) is 0 Å². The molecule has 0 bridgehead atoms. The van der Waals surface area contributed by atoms with Crippen molar-refractivity contribution < 1.29 is 14.6 Å². The topological polar surface area (TPSA) is 38.7 Å². The Kier molecular flexibility index (Phi) is 2.17. The molecule has 1 aliphatic heterocycles. The Labute approximate surface area is 72.0 Å². The first-order valence-electron chi connectivity index (χ1n) is 4.39. The van der Waals surface area contributed by atoms with E-state index in [1.807, 2.05) is 19.1 Å². The van der Waals surface area contributed by atoms with Crippen LogP contribution in [0.4, 0.5) is 0 Å². The molecule has 0 saturated carbocycles. The monoisotopic (exact) mass is 170 g/mol. The molecule has 0 radical (unpaired) electrons. The van der Waals surface area contributed by atoms with Gasteiger partial charge in [0.1, 0.15) is 0 Å². The summed E-state index contributed by atoms with van der Waals surface area (Å²) in [4.78, 5) is 0. The average molecular weight is 170 g/mol. The molecule has 4 atom stereocenters. The Balaban J connectivity index is 2.04. The fraction of sp³-hybridized carbons (Fsp3) is 0.778. The van der Waals surface area contributed by atoms with E-state index < -0.39 is 0 Å². The number of aliphatic hydroxyl groups is 1. The van der Waals surface area contributed by atoms with Crippen LogP contribution in [-0.4, -0.2) is 30.2 Å². The molecule has 0 spiro atoms. The molecule has 1 fully saturated rings. The molecule has 3 unspecified atom stereocenters. The minimum Gasteiger partial charge on any atom is -0.389 e. The Morgan fingerprint density at radius 1 is 1.42 bits per heavy atom. The lowest BCUT2D eigenvalue weighted by atomic mass is 9.91. The molecule has 1 aliphatic carbocycles. The summed E-state index contributed by atoms with van der Waals surface area (Å²) in [7, 11) is 0. The van der Waals surface area contributed by atoms with Crippen molar-refractivity contribution in [3.8, 4) is 0 Å². The van der Waals surface area contributed by atoms with Crippen LogP contribution in [-0.2, 0) is 9.47 Å². The van der Waals surface area contributed by atoms with Crippen molar-refractivity contribution in [3.05, 3.63) is 12.2 Å². The highest BCUT2D eigenvalue weighted by Crippen LogP contribution is 2.27. The second-order valence-corrected chi connectivity index (χ2v) is 3.43. The normalized spacial score (nSPS) is 47.2. The average Bonchev–Trinajstić information content (AvgIpc) is 2.03. The summed E-state index contributed by atoms with van der Waals surface area (Å²) in [5.74, 6) is 0.338. The standard InChI is InChI=1S/C9H14O3/c1-6-11-5-7-2-3-8(10)4-9(7)12-6/h2-3,6-10H,4-5H2,1H3/t6?,7?,8?,9-/m0/s1. The maximum atomic E-state index is 9.33. The number of hydrogen-bond donors (Lipinski definition) is 1. The second-order valence-electron chi connectivity index (χ2n) is 3.43. The molecule has 2 rings (SSSR count). The van der Waals surface area contributed by atoms with E-state index in [4.69, 9.17) is 9.47 Å². The van der Waals surface area contributed by atoms with Crippen molar-refractivity contribution in [2.24, 2.45) is 5.92 Å². The Hall–Kier alpha value is -0.380. The minimum atomic E-state index is -0.337. The fourth-order valence-corrected chi connectivity index (χ4v) is 1.74. The van der Waals surface area contributed by atoms with Gasteiger partial charge in [-0.1, -0.05) is 12.2 Å². The molecule has 1 heterocycles. The summed E-state index contributed by atoms with van der Waals surface area (Å²) >= 11 is 0. The quantitative estimate of drug-likeness (QED) is 0.543. The van der Waals surface area contributed by atoms with Crippen LogP contribution in [0.1, 0.15) is 13.3 Å². The second kappa shape index (κ2) is 3.17. The van der Waals surface area contributed by atoms with E-state index >= 15 is 0 Å². The minimum absolute atomic E-state index is 0.120. The zero-order chi connectivity index (χ0) is 8.55. The zero-order valence-electron chi connectivity index (χ0n) is 7.14. The molecule has 12 heavy (non-hydrogen) atoms. The lowest BCUT2D eigenvalue weighted by Gasteiger charge is -2.36. The predicted octanol–water partition coefficient (Wildman–Crippen LogP) is 0.685. The Morgan fingerprint density at radius 2 is 2.25 bits per heavy atom. The highest BCUT2D eigenvalue weighted by Gasteiger charge is 2.32. The van der Waals surface area contributed by atoms with Gasteiger partial charge in [0.05, 0.1) is 18.8 Å². The molecule has 2 aliphatic rings. The summed E-state index contributed by atoms with van der Waals surface area (Å²) in [6.45, 7) is 2.61. The Morgan fingerprint density at radius 3 is 3.08 bits per heavy atom. The van der Waals surface area contributed by atoms with Crippen LogP contribution in [0.2, 0.25) is 0 Å². The Bertz CT molecular complexity index is 190. The van der Waals surface area contributed by atoms with Crippen LogP contribution in [0, 0.1) is 5.92 Å². The molecule has 1 N–H and O–H groups in total. The number of aliphatic hydroxyl groups excluding tert-OH is 1. The summed E-state index contributed by atoms with van der Waals surface area (Å²) in [5.41, 5.74) is 0. The molecule has 0 amide bonds. The predicted molar refractivity (Wildman–Crippen MR) is 43.5 cm³/mol. The molecular formula is C9H14O3. The fourth-order valence-electron chi connectivity index (χ4n) is 1.74. The molecule has 0 aromatic heterocycles. The third-order valence-corrected chi connectivity index (χ3v) is 2.42. The van der Waals surface area contributed by atoms with Gasteiger partial charge in [-0.15, -0.1) is 0 Å². The van der Waals surface area contributed by atoms with Crippen molar-refractivity contribution in [2.45, 2.75) is 31.8 Å². The number of fused-ring (bicyclic) bond motifs is 1. The van der Waals surface area contributed by atoms with E-state index in [1.54, 1.807) is 0 Å². The first-order valence-corrected chi connectivity index (χ1v) is 4.39. The summed E-state index contributed by atoms with van der Waals surface area (Å²) in [6, 6.07) is 0. The first-order chi connectivity index (χ1) is 5.75. The lowest BCUT2D eigenvalue weighted by Crippen LogP contribution is -2.41. The van der Waals surface area contributed by atoms with Crippen molar-refractivity contribution in [1.82, 2.24) is 0 Å². The summed E-state index contributed by atoms with van der Waals surface area (Å²) in [6.07, 6.45) is 4.21. The molecule has 1 saturated heterocycles. The van der Waals surface area contributed by atoms with Crippen molar-refractivity contribution in [2.75, 3.05) is 6.61 Å². The summed E-state index contributed by atoms with van der Waals surface area (Å²) < 4.78 is 10.9. The summed E-state index contributed by atoms with van der Waals surface area (Å²) in [5, 5.41) is 9.33. The third-order valence-electron chi connectivity index (χ3n) is 2.42. The molecule has 68 valence electrons. The zero-order valence-corrected chi connectivity index (χ0v) is 7.14. The highest BCUT2D eigenvalue weighted by atomic mass is 16.7. The molecular weight excluding hydrogens is 156 g/mol. The van der Waals surface area contributed by atoms with E-state index in [0.29, 0.717) is 12.3 Å². The van der Waals surface area contributed by atoms with Gasteiger partial charge < -0.3 is 14.6 Å². The number of ether oxygens (including phenoxy) is 2. The van der Waals surface area contributed by atoms with Crippen LogP contribution >= 0.6 is 0 Å². The van der Waals surface area contributed by atoms with Crippen LogP contribution < -0.4 is 0 Å². The van der Waals surface area contributed by atoms with Gasteiger partial charge in [0.25, 0.3) is 0 Å². The molecule has 3 heteroatoms. The smallest absolute Gasteiger partial charge is 0.155 e. The SMILES string of the molecule is CC1OCC2C=CC(O)C[C@@H]2O1. The van der Waals surface area contributed by atoms with Crippen molar-refractivity contribution in [1.29, 1.82) is 0 Å². The van der Waals surface area contributed by atoms with E-state index in [-0.39, 0.29) is 18.5 Å². The molecule has 0 aromatic carbocycles. The number of hydrogen-bond acceptors (Lipinski definition) is 3. The van der Waals surface area contributed by atoms with E-state index in [9.17, 15) is 5.11 Å². The van der Waals surface area contributed by atoms with Gasteiger partial charge in [-0.25, -0.2) is 0 Å². The van der Waals surface area contributed by atoms with Crippen LogP contribution in [0.3, 0.4) is 0 Å². The third kappa shape index (κ3) is 1.53. The number of rotatable bonds is 0. The van der Waals surface area contributed by atoms with Gasteiger partial charge >= 0.3 is 0 Å². The lowest BCUT2D eigenvalue weighted by molar-refractivity contribution is -0.225. The van der Waals surface area contributed by atoms with Crippen LogP contribution in [0.5, 0.6) is 0 Å². The van der Waals surface area contributed by atoms with Gasteiger partial charge in [-0.05, 0) is 6.92 Å². The van der Waals surface area contributed by atoms with Crippen LogP contribution in [0.15, 0.2) is 12.2 Å². The largest absolute Gasteiger partial charge is 0.389 e. The highest BCUT2D eigenvalue weighted by molar-refractivity contribution is 5.03. The van der Waals surface area contributed by atoms with Crippen molar-refractivity contribution in [3.63, 3.8) is 0 Å². The van der Waals surface area contributed by atoms with Gasteiger partial charge in [-0.3, -0.25) is 0 Å². The van der Waals surface area contributed by atoms with Gasteiger partial charge in [0, 0.05) is 12.3 Å². The maximum absolute atomic E-state index is 9.33. The van der Waals surface area contributed by atoms with E-state index in [0.717, 1.165) is 6.61 Å². The maximum Gasteiger partial charge on any atom is 0.155 e. The van der Waals surface area contributed by atoms with Gasteiger partial charge in [0.15, 0.2) is 6.29 Å². The molecule has 3 nitrogen and oxygen atoms in total. The van der Waals surface area contributed by atoms with E-state index in [2.05, 4.69) is 0 Å². The van der Waals surface area contributed by atoms with E-state index in [1.165, 1.54) is 0 Å².